The fourth-order valence-corrected chi connectivity index (χ4v) is 4.85. The first-order valence-electron chi connectivity index (χ1n) is 8.98. The third-order valence-electron chi connectivity index (χ3n) is 4.28. The van der Waals surface area contributed by atoms with E-state index in [1.807, 2.05) is 5.38 Å². The number of fused-ring (bicyclic) bond motifs is 1. The monoisotopic (exact) mass is 491 g/mol. The van der Waals surface area contributed by atoms with E-state index in [1.54, 1.807) is 48.5 Å². The first kappa shape index (κ1) is 21.7. The Bertz CT molecular complexity index is 1340. The summed E-state index contributed by atoms with van der Waals surface area (Å²) in [4.78, 5) is 30.3. The molecule has 0 aliphatic heterocycles. The van der Waals surface area contributed by atoms with Gasteiger partial charge in [-0.3, -0.25) is 14.2 Å². The van der Waals surface area contributed by atoms with Crippen LogP contribution in [0.2, 0.25) is 10.0 Å². The molecule has 0 fully saturated rings. The maximum atomic E-state index is 13.1. The van der Waals surface area contributed by atoms with Crippen LogP contribution in [0.1, 0.15) is 0 Å². The van der Waals surface area contributed by atoms with Crippen LogP contribution in [0.5, 0.6) is 5.75 Å². The van der Waals surface area contributed by atoms with E-state index in [0.29, 0.717) is 42.5 Å². The van der Waals surface area contributed by atoms with E-state index in [4.69, 9.17) is 27.9 Å². The van der Waals surface area contributed by atoms with Gasteiger partial charge in [-0.25, -0.2) is 4.98 Å². The number of nitrogens with zero attached hydrogens (tertiary/aromatic N) is 2. The highest BCUT2D eigenvalue weighted by atomic mass is 35.5. The molecule has 0 unspecified atom stereocenters. The number of hydrogen-bond acceptors (Lipinski definition) is 6. The van der Waals surface area contributed by atoms with Crippen LogP contribution in [0.25, 0.3) is 15.9 Å². The van der Waals surface area contributed by atoms with Crippen molar-refractivity contribution in [3.63, 3.8) is 0 Å². The molecule has 10 heteroatoms. The number of ether oxygens (including phenoxy) is 1. The van der Waals surface area contributed by atoms with Gasteiger partial charge in [0.1, 0.15) is 10.4 Å². The van der Waals surface area contributed by atoms with E-state index in [0.717, 1.165) is 11.8 Å². The van der Waals surface area contributed by atoms with Crippen LogP contribution in [0, 0.1) is 0 Å². The molecule has 0 saturated carbocycles. The molecule has 1 N–H and O–H groups in total. The zero-order valence-corrected chi connectivity index (χ0v) is 19.2. The Labute approximate surface area is 195 Å². The smallest absolute Gasteiger partial charge is 0.276 e. The van der Waals surface area contributed by atoms with Gasteiger partial charge < -0.3 is 10.1 Å². The quantitative estimate of drug-likeness (QED) is 0.285. The topological polar surface area (TPSA) is 73.2 Å². The Morgan fingerprint density at radius 2 is 2.00 bits per heavy atom. The lowest BCUT2D eigenvalue weighted by atomic mass is 10.3. The van der Waals surface area contributed by atoms with Crippen LogP contribution in [-0.4, -0.2) is 28.3 Å². The van der Waals surface area contributed by atoms with E-state index < -0.39 is 0 Å². The number of halogens is 2. The van der Waals surface area contributed by atoms with Gasteiger partial charge in [-0.2, -0.15) is 0 Å². The summed E-state index contributed by atoms with van der Waals surface area (Å²) in [5.74, 6) is 0.234. The van der Waals surface area contributed by atoms with Crippen molar-refractivity contribution in [2.45, 2.75) is 5.16 Å². The summed E-state index contributed by atoms with van der Waals surface area (Å²) >= 11 is 14.6. The molecule has 6 nitrogen and oxygen atoms in total. The number of aromatic nitrogens is 2. The van der Waals surface area contributed by atoms with Crippen molar-refractivity contribution in [2.75, 3.05) is 18.2 Å². The molecule has 158 valence electrons. The number of anilines is 1. The number of benzene rings is 2. The number of nitrogens with one attached hydrogen (secondary N) is 1. The largest absolute Gasteiger partial charge is 0.495 e. The molecule has 2 heterocycles. The van der Waals surface area contributed by atoms with Gasteiger partial charge in [0.25, 0.3) is 5.56 Å². The summed E-state index contributed by atoms with van der Waals surface area (Å²) < 4.78 is 7.27. The number of amides is 1. The number of carbonyl (C=O) groups excluding carboxylic acids is 1. The second-order valence-electron chi connectivity index (χ2n) is 6.33. The summed E-state index contributed by atoms with van der Waals surface area (Å²) in [5.41, 5.74) is 1.43. The van der Waals surface area contributed by atoms with Gasteiger partial charge in [0, 0.05) is 10.0 Å². The number of methoxy groups -OCH3 is 1. The van der Waals surface area contributed by atoms with E-state index >= 15 is 0 Å². The zero-order chi connectivity index (χ0) is 22.0. The molecule has 0 aliphatic rings. The SMILES string of the molecule is COc1ccc(Cl)cc1NC(=O)CSc1nc2ccsc2c(=O)n1-c1cccc(Cl)c1. The highest BCUT2D eigenvalue weighted by Crippen LogP contribution is 2.29. The van der Waals surface area contributed by atoms with Gasteiger partial charge in [0.2, 0.25) is 5.91 Å². The highest BCUT2D eigenvalue weighted by molar-refractivity contribution is 7.99. The van der Waals surface area contributed by atoms with E-state index in [-0.39, 0.29) is 17.2 Å². The molecule has 4 aromatic rings. The minimum Gasteiger partial charge on any atom is -0.495 e. The standard InChI is InChI=1S/C21H15Cl2N3O3S2/c1-29-17-6-5-13(23)10-16(17)24-18(27)11-31-21-25-15-7-8-30-19(15)20(28)26(21)14-4-2-3-12(22)9-14/h2-10H,11H2,1H3,(H,24,27). The van der Waals surface area contributed by atoms with Crippen LogP contribution in [-0.2, 0) is 4.79 Å². The van der Waals surface area contributed by atoms with Gasteiger partial charge in [-0.1, -0.05) is 41.0 Å². The maximum Gasteiger partial charge on any atom is 0.276 e. The van der Waals surface area contributed by atoms with Crippen LogP contribution in [0.3, 0.4) is 0 Å². The fraction of sp³-hybridized carbons (Fsp3) is 0.0952. The van der Waals surface area contributed by atoms with Crippen molar-refractivity contribution >= 4 is 68.1 Å². The van der Waals surface area contributed by atoms with Crippen LogP contribution < -0.4 is 15.6 Å². The molecule has 1 amide bonds. The van der Waals surface area contributed by atoms with Crippen molar-refractivity contribution < 1.29 is 9.53 Å². The molecule has 0 radical (unpaired) electrons. The van der Waals surface area contributed by atoms with Crippen molar-refractivity contribution in [3.05, 3.63) is 74.3 Å². The third-order valence-corrected chi connectivity index (χ3v) is 6.58. The predicted molar refractivity (Wildman–Crippen MR) is 128 cm³/mol. The molecule has 0 aliphatic carbocycles. The van der Waals surface area contributed by atoms with Gasteiger partial charge in [0.15, 0.2) is 5.16 Å². The minimum atomic E-state index is -0.289. The molecular formula is C21H15Cl2N3O3S2. The summed E-state index contributed by atoms with van der Waals surface area (Å²) in [6, 6.07) is 13.7. The zero-order valence-electron chi connectivity index (χ0n) is 16.1. The second kappa shape index (κ2) is 9.32. The summed E-state index contributed by atoms with van der Waals surface area (Å²) in [7, 11) is 1.51. The first-order valence-corrected chi connectivity index (χ1v) is 11.6. The first-order chi connectivity index (χ1) is 15.0. The lowest BCUT2D eigenvalue weighted by Crippen LogP contribution is -2.22. The number of thioether (sulfide) groups is 1. The molecule has 0 bridgehead atoms. The van der Waals surface area contributed by atoms with E-state index in [9.17, 15) is 9.59 Å². The normalized spacial score (nSPS) is 10.9. The molecule has 0 spiro atoms. The molecular weight excluding hydrogens is 477 g/mol. The average Bonchev–Trinajstić information content (AvgIpc) is 3.21. The number of thiophene rings is 1. The van der Waals surface area contributed by atoms with Gasteiger partial charge >= 0.3 is 0 Å². The average molecular weight is 492 g/mol. The van der Waals surface area contributed by atoms with Crippen molar-refractivity contribution in [2.24, 2.45) is 0 Å². The van der Waals surface area contributed by atoms with Crippen molar-refractivity contribution in [3.8, 4) is 11.4 Å². The molecule has 4 rings (SSSR count). The van der Waals surface area contributed by atoms with Crippen LogP contribution >= 0.6 is 46.3 Å². The van der Waals surface area contributed by atoms with E-state index in [2.05, 4.69) is 10.3 Å². The lowest BCUT2D eigenvalue weighted by Gasteiger charge is -2.13. The van der Waals surface area contributed by atoms with Crippen LogP contribution in [0.15, 0.2) is 63.9 Å². The van der Waals surface area contributed by atoms with Crippen molar-refractivity contribution in [1.82, 2.24) is 9.55 Å². The van der Waals surface area contributed by atoms with E-state index in [1.165, 1.54) is 23.0 Å². The Morgan fingerprint density at radius 3 is 2.77 bits per heavy atom. The van der Waals surface area contributed by atoms with Gasteiger partial charge in [0.05, 0.1) is 29.8 Å². The summed E-state index contributed by atoms with van der Waals surface area (Å²) in [6.45, 7) is 0. The number of rotatable bonds is 6. The Balaban J connectivity index is 1.64. The fourth-order valence-electron chi connectivity index (χ4n) is 2.93. The van der Waals surface area contributed by atoms with Crippen LogP contribution in [0.4, 0.5) is 5.69 Å². The number of hydrogen-bond donors (Lipinski definition) is 1. The second-order valence-corrected chi connectivity index (χ2v) is 9.06. The van der Waals surface area contributed by atoms with Crippen molar-refractivity contribution in [1.29, 1.82) is 0 Å². The maximum absolute atomic E-state index is 13.1. The van der Waals surface area contributed by atoms with Gasteiger partial charge in [-0.15, -0.1) is 11.3 Å². The van der Waals surface area contributed by atoms with Gasteiger partial charge in [-0.05, 0) is 47.8 Å². The summed E-state index contributed by atoms with van der Waals surface area (Å²) in [5, 5.41) is 5.97. The molecule has 0 saturated heterocycles. The molecule has 31 heavy (non-hydrogen) atoms. The Kier molecular flexibility index (Phi) is 6.52. The third kappa shape index (κ3) is 4.72. The minimum absolute atomic E-state index is 0.0261. The Hall–Kier alpha value is -2.52. The summed E-state index contributed by atoms with van der Waals surface area (Å²) in [6.07, 6.45) is 0. The predicted octanol–water partition coefficient (Wildman–Crippen LogP) is 5.49. The lowest BCUT2D eigenvalue weighted by molar-refractivity contribution is -0.113. The Morgan fingerprint density at radius 1 is 1.19 bits per heavy atom. The molecule has 0 atom stereocenters. The highest BCUT2D eigenvalue weighted by Gasteiger charge is 2.16. The molecule has 2 aromatic heterocycles. The molecule has 2 aromatic carbocycles. The number of carbonyl (C=O) groups is 1.